The summed E-state index contributed by atoms with van der Waals surface area (Å²) in [4.78, 5) is 4.73. The number of benzene rings is 1. The standard InChI is InChI=1S/C16H21ClN2O2/c1-5-7-10-8-11-14(19-16(10)18-6-2)13(20-3)9-12(17)15(11)21-4/h8-9H,5-7H2,1-4H3,(H,18,19). The number of fused-ring (bicyclic) bond motifs is 1. The summed E-state index contributed by atoms with van der Waals surface area (Å²) >= 11 is 6.27. The number of ether oxygens (including phenoxy) is 2. The number of anilines is 1. The Morgan fingerprint density at radius 1 is 1.19 bits per heavy atom. The lowest BCUT2D eigenvalue weighted by molar-refractivity contribution is 0.410. The fraction of sp³-hybridized carbons (Fsp3) is 0.438. The second-order valence-electron chi connectivity index (χ2n) is 4.77. The van der Waals surface area contributed by atoms with Gasteiger partial charge in [0.15, 0.2) is 0 Å². The van der Waals surface area contributed by atoms with Crippen LogP contribution in [0.2, 0.25) is 5.02 Å². The van der Waals surface area contributed by atoms with Crippen LogP contribution in [0, 0.1) is 0 Å². The molecule has 0 aliphatic rings. The average Bonchev–Trinajstić information content (AvgIpc) is 2.48. The number of methoxy groups -OCH3 is 2. The molecule has 0 fully saturated rings. The first-order valence-electron chi connectivity index (χ1n) is 7.14. The molecule has 0 unspecified atom stereocenters. The summed E-state index contributed by atoms with van der Waals surface area (Å²) in [5.74, 6) is 2.19. The fourth-order valence-electron chi connectivity index (χ4n) is 2.44. The third-order valence-electron chi connectivity index (χ3n) is 3.34. The van der Waals surface area contributed by atoms with Crippen LogP contribution in [-0.2, 0) is 6.42 Å². The minimum atomic E-state index is 0.530. The average molecular weight is 309 g/mol. The molecule has 21 heavy (non-hydrogen) atoms. The van der Waals surface area contributed by atoms with Gasteiger partial charge in [0.25, 0.3) is 0 Å². The normalized spacial score (nSPS) is 10.7. The van der Waals surface area contributed by atoms with Crippen molar-refractivity contribution >= 4 is 28.3 Å². The molecule has 0 spiro atoms. The summed E-state index contributed by atoms with van der Waals surface area (Å²) in [7, 11) is 3.23. The number of aromatic nitrogens is 1. The van der Waals surface area contributed by atoms with Crippen molar-refractivity contribution in [3.8, 4) is 11.5 Å². The fourth-order valence-corrected chi connectivity index (χ4v) is 2.71. The number of rotatable bonds is 6. The number of halogens is 1. The maximum atomic E-state index is 6.27. The lowest BCUT2D eigenvalue weighted by Gasteiger charge is -2.15. The Hall–Kier alpha value is -1.68. The molecule has 0 bridgehead atoms. The summed E-state index contributed by atoms with van der Waals surface area (Å²) in [5, 5.41) is 4.73. The van der Waals surface area contributed by atoms with Gasteiger partial charge in [0.1, 0.15) is 22.8 Å². The van der Waals surface area contributed by atoms with E-state index in [2.05, 4.69) is 25.2 Å². The number of hydrogen-bond donors (Lipinski definition) is 1. The third kappa shape index (κ3) is 3.00. The minimum Gasteiger partial charge on any atom is -0.494 e. The monoisotopic (exact) mass is 308 g/mol. The van der Waals surface area contributed by atoms with Crippen molar-refractivity contribution in [3.05, 3.63) is 22.7 Å². The molecule has 1 N–H and O–H groups in total. The first-order valence-corrected chi connectivity index (χ1v) is 7.51. The predicted octanol–water partition coefficient (Wildman–Crippen LogP) is 4.29. The zero-order valence-corrected chi connectivity index (χ0v) is 13.7. The molecule has 0 saturated carbocycles. The van der Waals surface area contributed by atoms with Crippen LogP contribution in [0.15, 0.2) is 12.1 Å². The SMILES string of the molecule is CCCc1cc2c(OC)c(Cl)cc(OC)c2nc1NCC. The number of pyridine rings is 1. The van der Waals surface area contributed by atoms with Crippen LogP contribution in [0.1, 0.15) is 25.8 Å². The molecule has 0 aliphatic heterocycles. The molecule has 0 aliphatic carbocycles. The number of aryl methyl sites for hydroxylation is 1. The van der Waals surface area contributed by atoms with Crippen LogP contribution in [0.3, 0.4) is 0 Å². The summed E-state index contributed by atoms with van der Waals surface area (Å²) in [5.41, 5.74) is 1.92. The zero-order valence-electron chi connectivity index (χ0n) is 12.9. The van der Waals surface area contributed by atoms with Gasteiger partial charge >= 0.3 is 0 Å². The molecule has 4 nitrogen and oxygen atoms in total. The Kier molecular flexibility index (Phi) is 5.12. The van der Waals surface area contributed by atoms with Gasteiger partial charge in [0.05, 0.1) is 19.2 Å². The van der Waals surface area contributed by atoms with E-state index >= 15 is 0 Å². The number of hydrogen-bond acceptors (Lipinski definition) is 4. The Bertz CT molecular complexity index is 644. The Morgan fingerprint density at radius 3 is 2.52 bits per heavy atom. The van der Waals surface area contributed by atoms with Crippen LogP contribution in [0.4, 0.5) is 5.82 Å². The van der Waals surface area contributed by atoms with Gasteiger partial charge in [-0.25, -0.2) is 4.98 Å². The summed E-state index contributed by atoms with van der Waals surface area (Å²) < 4.78 is 10.9. The first kappa shape index (κ1) is 15.7. The molecular weight excluding hydrogens is 288 g/mol. The zero-order chi connectivity index (χ0) is 15.4. The highest BCUT2D eigenvalue weighted by molar-refractivity contribution is 6.33. The van der Waals surface area contributed by atoms with Crippen molar-refractivity contribution in [3.63, 3.8) is 0 Å². The van der Waals surface area contributed by atoms with Gasteiger partial charge in [-0.1, -0.05) is 24.9 Å². The van der Waals surface area contributed by atoms with Crippen molar-refractivity contribution in [2.45, 2.75) is 26.7 Å². The number of nitrogens with zero attached hydrogens (tertiary/aromatic N) is 1. The molecule has 2 rings (SSSR count). The Morgan fingerprint density at radius 2 is 1.95 bits per heavy atom. The van der Waals surface area contributed by atoms with Gasteiger partial charge in [-0.2, -0.15) is 0 Å². The van der Waals surface area contributed by atoms with E-state index in [1.165, 1.54) is 0 Å². The largest absolute Gasteiger partial charge is 0.494 e. The highest BCUT2D eigenvalue weighted by Gasteiger charge is 2.16. The van der Waals surface area contributed by atoms with E-state index in [0.29, 0.717) is 16.5 Å². The van der Waals surface area contributed by atoms with E-state index in [4.69, 9.17) is 26.1 Å². The molecule has 0 amide bonds. The van der Waals surface area contributed by atoms with Gasteiger partial charge in [-0.15, -0.1) is 0 Å². The molecule has 2 aromatic rings. The van der Waals surface area contributed by atoms with E-state index in [1.54, 1.807) is 20.3 Å². The van der Waals surface area contributed by atoms with E-state index in [1.807, 2.05) is 0 Å². The maximum absolute atomic E-state index is 6.27. The van der Waals surface area contributed by atoms with Gasteiger partial charge in [0.2, 0.25) is 0 Å². The van der Waals surface area contributed by atoms with Gasteiger partial charge in [0, 0.05) is 18.0 Å². The Balaban J connectivity index is 2.77. The predicted molar refractivity (Wildman–Crippen MR) is 88.0 cm³/mol. The topological polar surface area (TPSA) is 43.4 Å². The van der Waals surface area contributed by atoms with Crippen LogP contribution >= 0.6 is 11.6 Å². The lowest BCUT2D eigenvalue weighted by atomic mass is 10.1. The smallest absolute Gasteiger partial charge is 0.147 e. The van der Waals surface area contributed by atoms with E-state index < -0.39 is 0 Å². The van der Waals surface area contributed by atoms with Crippen molar-refractivity contribution in [2.75, 3.05) is 26.1 Å². The molecule has 0 saturated heterocycles. The highest BCUT2D eigenvalue weighted by Crippen LogP contribution is 2.40. The van der Waals surface area contributed by atoms with Crippen molar-refractivity contribution in [1.29, 1.82) is 0 Å². The molecule has 1 aromatic carbocycles. The molecule has 0 radical (unpaired) electrons. The highest BCUT2D eigenvalue weighted by atomic mass is 35.5. The van der Waals surface area contributed by atoms with Gasteiger partial charge in [-0.05, 0) is 25.0 Å². The van der Waals surface area contributed by atoms with Crippen LogP contribution in [0.5, 0.6) is 11.5 Å². The van der Waals surface area contributed by atoms with E-state index in [9.17, 15) is 0 Å². The molecule has 5 heteroatoms. The van der Waals surface area contributed by atoms with Gasteiger partial charge in [-0.3, -0.25) is 0 Å². The van der Waals surface area contributed by atoms with Gasteiger partial charge < -0.3 is 14.8 Å². The van der Waals surface area contributed by atoms with Crippen molar-refractivity contribution < 1.29 is 9.47 Å². The molecule has 1 heterocycles. The summed E-state index contributed by atoms with van der Waals surface area (Å²) in [6, 6.07) is 3.84. The van der Waals surface area contributed by atoms with E-state index in [-0.39, 0.29) is 0 Å². The van der Waals surface area contributed by atoms with Crippen LogP contribution < -0.4 is 14.8 Å². The molecule has 1 aromatic heterocycles. The van der Waals surface area contributed by atoms with Crippen LogP contribution in [-0.4, -0.2) is 25.7 Å². The molecule has 0 atom stereocenters. The van der Waals surface area contributed by atoms with Crippen molar-refractivity contribution in [1.82, 2.24) is 4.98 Å². The lowest BCUT2D eigenvalue weighted by Crippen LogP contribution is -2.05. The van der Waals surface area contributed by atoms with Crippen LogP contribution in [0.25, 0.3) is 10.9 Å². The first-order chi connectivity index (χ1) is 10.2. The minimum absolute atomic E-state index is 0.530. The number of nitrogens with one attached hydrogen (secondary N) is 1. The van der Waals surface area contributed by atoms with E-state index in [0.717, 1.165) is 41.7 Å². The Labute approximate surface area is 130 Å². The molecular formula is C16H21ClN2O2. The third-order valence-corrected chi connectivity index (χ3v) is 3.62. The summed E-state index contributed by atoms with van der Waals surface area (Å²) in [6.07, 6.45) is 1.99. The summed E-state index contributed by atoms with van der Waals surface area (Å²) in [6.45, 7) is 5.03. The second-order valence-corrected chi connectivity index (χ2v) is 5.17. The quantitative estimate of drug-likeness (QED) is 0.864. The second kappa shape index (κ2) is 6.85. The maximum Gasteiger partial charge on any atom is 0.147 e. The molecule has 114 valence electrons. The van der Waals surface area contributed by atoms with Crippen molar-refractivity contribution in [2.24, 2.45) is 0 Å².